The van der Waals surface area contributed by atoms with Gasteiger partial charge in [0, 0.05) is 5.69 Å². The zero-order chi connectivity index (χ0) is 14.9. The summed E-state index contributed by atoms with van der Waals surface area (Å²) in [5, 5.41) is 0.187. The molecule has 1 aromatic carbocycles. The number of nitrogen functional groups attached to an aromatic ring is 1. The van der Waals surface area contributed by atoms with Gasteiger partial charge in [0.2, 0.25) is 0 Å². The Labute approximate surface area is 128 Å². The lowest BCUT2D eigenvalue weighted by Crippen LogP contribution is -2.15. The summed E-state index contributed by atoms with van der Waals surface area (Å²) in [5.41, 5.74) is 5.66. The standard InChI is InChI=1S/C11H8BrClFN3O2S/c12-8-4-7(5-16-11(8)13)17-20(18,19)10-2-1-6(15)3-9(10)14/h1-5,17H,15H2. The highest BCUT2D eigenvalue weighted by molar-refractivity contribution is 9.10. The predicted molar refractivity (Wildman–Crippen MR) is 78.6 cm³/mol. The van der Waals surface area contributed by atoms with Gasteiger partial charge in [0.05, 0.1) is 16.4 Å². The van der Waals surface area contributed by atoms with E-state index in [9.17, 15) is 12.8 Å². The first kappa shape index (κ1) is 15.0. The fraction of sp³-hybridized carbons (Fsp3) is 0. The van der Waals surface area contributed by atoms with Gasteiger partial charge in [0.1, 0.15) is 15.9 Å². The van der Waals surface area contributed by atoms with E-state index in [1.165, 1.54) is 18.3 Å². The Balaban J connectivity index is 2.38. The number of benzene rings is 1. The zero-order valence-corrected chi connectivity index (χ0v) is 12.9. The number of pyridine rings is 1. The van der Waals surface area contributed by atoms with Gasteiger partial charge in [-0.1, -0.05) is 11.6 Å². The third kappa shape index (κ3) is 3.20. The van der Waals surface area contributed by atoms with Crippen LogP contribution in [0.15, 0.2) is 39.8 Å². The van der Waals surface area contributed by atoms with Crippen molar-refractivity contribution in [3.8, 4) is 0 Å². The summed E-state index contributed by atoms with van der Waals surface area (Å²) in [6, 6.07) is 4.74. The van der Waals surface area contributed by atoms with Crippen LogP contribution in [0, 0.1) is 5.82 Å². The van der Waals surface area contributed by atoms with Crippen LogP contribution in [-0.4, -0.2) is 13.4 Å². The molecule has 1 aromatic heterocycles. The van der Waals surface area contributed by atoms with E-state index in [4.69, 9.17) is 17.3 Å². The molecule has 20 heavy (non-hydrogen) atoms. The summed E-state index contributed by atoms with van der Waals surface area (Å²) < 4.78 is 40.4. The fourth-order valence-electron chi connectivity index (χ4n) is 1.42. The summed E-state index contributed by atoms with van der Waals surface area (Å²) >= 11 is 8.82. The fourth-order valence-corrected chi connectivity index (χ4v) is 2.97. The van der Waals surface area contributed by atoms with E-state index in [2.05, 4.69) is 25.6 Å². The van der Waals surface area contributed by atoms with Crippen LogP contribution in [0.25, 0.3) is 0 Å². The van der Waals surface area contributed by atoms with Gasteiger partial charge in [-0.2, -0.15) is 0 Å². The number of hydrogen-bond acceptors (Lipinski definition) is 4. The Hall–Kier alpha value is -1.38. The summed E-state index contributed by atoms with van der Waals surface area (Å²) in [5.74, 6) is -0.932. The van der Waals surface area contributed by atoms with Crippen molar-refractivity contribution in [2.75, 3.05) is 10.5 Å². The molecule has 3 N–H and O–H groups in total. The van der Waals surface area contributed by atoms with Gasteiger partial charge in [0.15, 0.2) is 0 Å². The number of nitrogens with zero attached hydrogens (tertiary/aromatic N) is 1. The number of aromatic nitrogens is 1. The van der Waals surface area contributed by atoms with Crippen molar-refractivity contribution in [3.05, 3.63) is 45.9 Å². The minimum Gasteiger partial charge on any atom is -0.399 e. The minimum absolute atomic E-state index is 0.136. The highest BCUT2D eigenvalue weighted by Gasteiger charge is 2.19. The van der Waals surface area contributed by atoms with E-state index in [1.54, 1.807) is 0 Å². The number of halogens is 3. The third-order valence-electron chi connectivity index (χ3n) is 2.29. The molecule has 0 bridgehead atoms. The van der Waals surface area contributed by atoms with Gasteiger partial charge in [-0.3, -0.25) is 4.72 Å². The van der Waals surface area contributed by atoms with Crippen molar-refractivity contribution < 1.29 is 12.8 Å². The molecule has 0 atom stereocenters. The largest absolute Gasteiger partial charge is 0.399 e. The second kappa shape index (κ2) is 5.55. The van der Waals surface area contributed by atoms with Crippen molar-refractivity contribution >= 4 is 48.9 Å². The SMILES string of the molecule is Nc1ccc(S(=O)(=O)Nc2cnc(Cl)c(Br)c2)c(F)c1. The zero-order valence-electron chi connectivity index (χ0n) is 9.77. The maximum atomic E-state index is 13.6. The van der Waals surface area contributed by atoms with Gasteiger partial charge in [-0.15, -0.1) is 0 Å². The first-order valence-electron chi connectivity index (χ1n) is 5.18. The van der Waals surface area contributed by atoms with Crippen LogP contribution in [0.4, 0.5) is 15.8 Å². The summed E-state index contributed by atoms with van der Waals surface area (Å²) in [6.07, 6.45) is 1.22. The third-order valence-corrected chi connectivity index (χ3v) is 4.84. The van der Waals surface area contributed by atoms with Crippen LogP contribution in [-0.2, 0) is 10.0 Å². The molecule has 0 fully saturated rings. The molecule has 0 radical (unpaired) electrons. The number of rotatable bonds is 3. The van der Waals surface area contributed by atoms with E-state index in [0.29, 0.717) is 4.47 Å². The van der Waals surface area contributed by atoms with Crippen molar-refractivity contribution in [2.45, 2.75) is 4.90 Å². The molecule has 0 amide bonds. The van der Waals surface area contributed by atoms with Crippen molar-refractivity contribution in [3.63, 3.8) is 0 Å². The summed E-state index contributed by atoms with van der Waals surface area (Å²) in [7, 11) is -4.07. The average molecular weight is 381 g/mol. The Morgan fingerprint density at radius 1 is 1.35 bits per heavy atom. The van der Waals surface area contributed by atoms with Gasteiger partial charge in [-0.05, 0) is 40.2 Å². The minimum atomic E-state index is -4.07. The molecule has 0 saturated heterocycles. The molecular formula is C11H8BrClFN3O2S. The molecule has 0 spiro atoms. The van der Waals surface area contributed by atoms with E-state index < -0.39 is 20.7 Å². The van der Waals surface area contributed by atoms with Crippen LogP contribution in [0.3, 0.4) is 0 Å². The molecule has 1 heterocycles. The quantitative estimate of drug-likeness (QED) is 0.633. The number of nitrogens with two attached hydrogens (primary N) is 1. The van der Waals surface area contributed by atoms with Gasteiger partial charge in [-0.25, -0.2) is 17.8 Å². The highest BCUT2D eigenvalue weighted by atomic mass is 79.9. The molecule has 0 unspecified atom stereocenters. The van der Waals surface area contributed by atoms with E-state index in [-0.39, 0.29) is 16.5 Å². The molecule has 0 aliphatic heterocycles. The second-order valence-electron chi connectivity index (χ2n) is 3.79. The molecule has 2 aromatic rings. The molecule has 0 aliphatic rings. The lowest BCUT2D eigenvalue weighted by atomic mass is 10.3. The van der Waals surface area contributed by atoms with Crippen LogP contribution in [0.1, 0.15) is 0 Å². The number of nitrogens with one attached hydrogen (secondary N) is 1. The number of anilines is 2. The highest BCUT2D eigenvalue weighted by Crippen LogP contribution is 2.25. The summed E-state index contributed by atoms with van der Waals surface area (Å²) in [4.78, 5) is 3.27. The molecule has 106 valence electrons. The maximum Gasteiger partial charge on any atom is 0.264 e. The lowest BCUT2D eigenvalue weighted by molar-refractivity contribution is 0.571. The van der Waals surface area contributed by atoms with Gasteiger partial charge < -0.3 is 5.73 Å². The molecule has 0 aliphatic carbocycles. The maximum absolute atomic E-state index is 13.6. The summed E-state index contributed by atoms with van der Waals surface area (Å²) in [6.45, 7) is 0. The van der Waals surface area contributed by atoms with Crippen molar-refractivity contribution in [2.24, 2.45) is 0 Å². The van der Waals surface area contributed by atoms with Crippen molar-refractivity contribution in [1.29, 1.82) is 0 Å². The second-order valence-corrected chi connectivity index (χ2v) is 6.66. The topological polar surface area (TPSA) is 85.1 Å². The van der Waals surface area contributed by atoms with Crippen LogP contribution in [0.2, 0.25) is 5.15 Å². The Morgan fingerprint density at radius 3 is 2.65 bits per heavy atom. The Bertz CT molecular complexity index is 770. The van der Waals surface area contributed by atoms with Gasteiger partial charge >= 0.3 is 0 Å². The monoisotopic (exact) mass is 379 g/mol. The Morgan fingerprint density at radius 2 is 2.05 bits per heavy atom. The predicted octanol–water partition coefficient (Wildman–Crippen LogP) is 3.02. The molecule has 2 rings (SSSR count). The van der Waals surface area contributed by atoms with E-state index >= 15 is 0 Å². The lowest BCUT2D eigenvalue weighted by Gasteiger charge is -2.09. The molecule has 5 nitrogen and oxygen atoms in total. The smallest absolute Gasteiger partial charge is 0.264 e. The first-order valence-corrected chi connectivity index (χ1v) is 7.84. The van der Waals surface area contributed by atoms with E-state index in [0.717, 1.165) is 12.1 Å². The average Bonchev–Trinajstić information content (AvgIpc) is 2.33. The number of sulfonamides is 1. The van der Waals surface area contributed by atoms with Gasteiger partial charge in [0.25, 0.3) is 10.0 Å². The van der Waals surface area contributed by atoms with Crippen LogP contribution >= 0.6 is 27.5 Å². The molecule has 9 heteroatoms. The van der Waals surface area contributed by atoms with Crippen molar-refractivity contribution in [1.82, 2.24) is 4.98 Å². The molecule has 0 saturated carbocycles. The van der Waals surface area contributed by atoms with E-state index in [1.807, 2.05) is 0 Å². The van der Waals surface area contributed by atoms with Crippen LogP contribution in [0.5, 0.6) is 0 Å². The van der Waals surface area contributed by atoms with Crippen LogP contribution < -0.4 is 10.5 Å². The first-order chi connectivity index (χ1) is 9.29. The number of hydrogen-bond donors (Lipinski definition) is 2. The molecular weight excluding hydrogens is 373 g/mol. The Kier molecular flexibility index (Phi) is 4.17. The normalized spacial score (nSPS) is 11.3.